The standard InChI is InChI=1S/C21H28ClN3O5S/c1-12(2)8-16(25-21(29)30-11-13-4-3-5-15(22)9-13)19(27)24-17(20(28)31)10-14-6-7-23-18(14)26/h3-5,9,12,14,16-17H,6-8,10-11H2,1-2H3,(H,23,26)(H,24,27)(H,25,29)(H,28,31)/t14-,16-,17-/m0/s1. The van der Waals surface area contributed by atoms with Crippen molar-refractivity contribution in [2.24, 2.45) is 11.8 Å². The maximum absolute atomic E-state index is 12.8. The number of hydrogen-bond donors (Lipinski definition) is 4. The lowest BCUT2D eigenvalue weighted by molar-refractivity contribution is -0.128. The topological polar surface area (TPSA) is 114 Å². The van der Waals surface area contributed by atoms with Gasteiger partial charge in [0.05, 0.1) is 6.04 Å². The monoisotopic (exact) mass is 469 g/mol. The van der Waals surface area contributed by atoms with E-state index in [4.69, 9.17) is 16.3 Å². The Bertz CT molecular complexity index is 820. The Morgan fingerprint density at radius 1 is 1.26 bits per heavy atom. The maximum Gasteiger partial charge on any atom is 0.408 e. The fourth-order valence-electron chi connectivity index (χ4n) is 3.31. The Kier molecular flexibility index (Phi) is 9.64. The van der Waals surface area contributed by atoms with Crippen LogP contribution in [0.5, 0.6) is 0 Å². The lowest BCUT2D eigenvalue weighted by Gasteiger charge is -2.24. The largest absolute Gasteiger partial charge is 0.445 e. The predicted molar refractivity (Wildman–Crippen MR) is 120 cm³/mol. The van der Waals surface area contributed by atoms with Gasteiger partial charge in [0.2, 0.25) is 16.9 Å². The van der Waals surface area contributed by atoms with Gasteiger partial charge in [-0.3, -0.25) is 14.4 Å². The smallest absolute Gasteiger partial charge is 0.408 e. The average Bonchev–Trinajstić information content (AvgIpc) is 3.09. The number of carbonyl (C=O) groups is 4. The Balaban J connectivity index is 1.96. The van der Waals surface area contributed by atoms with E-state index in [-0.39, 0.29) is 30.8 Å². The summed E-state index contributed by atoms with van der Waals surface area (Å²) in [6.07, 6.45) is 0.336. The molecular weight excluding hydrogens is 442 g/mol. The Morgan fingerprint density at radius 3 is 2.58 bits per heavy atom. The minimum absolute atomic E-state index is 0.00302. The van der Waals surface area contributed by atoms with E-state index in [2.05, 4.69) is 28.6 Å². The maximum atomic E-state index is 12.8. The van der Waals surface area contributed by atoms with Crippen molar-refractivity contribution < 1.29 is 23.9 Å². The third-order valence-electron chi connectivity index (χ3n) is 4.87. The number of carbonyl (C=O) groups excluding carboxylic acids is 4. The number of halogens is 1. The minimum Gasteiger partial charge on any atom is -0.445 e. The molecule has 0 aliphatic carbocycles. The molecule has 1 aromatic rings. The number of nitrogens with one attached hydrogen (secondary N) is 3. The predicted octanol–water partition coefficient (Wildman–Crippen LogP) is 2.45. The van der Waals surface area contributed by atoms with E-state index >= 15 is 0 Å². The van der Waals surface area contributed by atoms with Crippen molar-refractivity contribution in [3.63, 3.8) is 0 Å². The second-order valence-electron chi connectivity index (χ2n) is 7.94. The minimum atomic E-state index is -0.927. The lowest BCUT2D eigenvalue weighted by Crippen LogP contribution is -2.52. The van der Waals surface area contributed by atoms with Gasteiger partial charge in [0.1, 0.15) is 12.6 Å². The second kappa shape index (κ2) is 12.0. The van der Waals surface area contributed by atoms with Crippen LogP contribution in [0.25, 0.3) is 0 Å². The van der Waals surface area contributed by atoms with Crippen LogP contribution < -0.4 is 16.0 Å². The van der Waals surface area contributed by atoms with Crippen LogP contribution in [0.2, 0.25) is 5.02 Å². The van der Waals surface area contributed by atoms with E-state index in [0.29, 0.717) is 30.0 Å². The van der Waals surface area contributed by atoms with Crippen LogP contribution in [0.1, 0.15) is 38.7 Å². The van der Waals surface area contributed by atoms with Crippen LogP contribution in [0.15, 0.2) is 24.3 Å². The molecule has 3 amide bonds. The van der Waals surface area contributed by atoms with Crippen LogP contribution in [0, 0.1) is 11.8 Å². The first-order chi connectivity index (χ1) is 14.7. The van der Waals surface area contributed by atoms with Crippen molar-refractivity contribution in [2.45, 2.75) is 51.8 Å². The molecule has 0 unspecified atom stereocenters. The molecule has 1 saturated heterocycles. The van der Waals surface area contributed by atoms with Crippen molar-refractivity contribution in [3.05, 3.63) is 34.9 Å². The first-order valence-electron chi connectivity index (χ1n) is 10.1. The highest BCUT2D eigenvalue weighted by Crippen LogP contribution is 2.18. The highest BCUT2D eigenvalue weighted by Gasteiger charge is 2.32. The van der Waals surface area contributed by atoms with Crippen molar-refractivity contribution in [2.75, 3.05) is 6.54 Å². The molecule has 1 aromatic carbocycles. The molecule has 1 aliphatic rings. The Morgan fingerprint density at radius 2 is 2.00 bits per heavy atom. The summed E-state index contributed by atoms with van der Waals surface area (Å²) >= 11 is 9.77. The number of alkyl carbamates (subject to hydrolysis) is 1. The molecule has 8 nitrogen and oxygen atoms in total. The van der Waals surface area contributed by atoms with Crippen LogP contribution in [0.4, 0.5) is 4.79 Å². The molecule has 1 heterocycles. The van der Waals surface area contributed by atoms with Gasteiger partial charge in [0.25, 0.3) is 0 Å². The number of thiol groups is 1. The molecule has 1 fully saturated rings. The number of rotatable bonds is 10. The highest BCUT2D eigenvalue weighted by molar-refractivity contribution is 7.96. The molecule has 3 N–H and O–H groups in total. The van der Waals surface area contributed by atoms with E-state index in [1.807, 2.05) is 13.8 Å². The number of hydrogen-bond acceptors (Lipinski definition) is 5. The van der Waals surface area contributed by atoms with Crippen LogP contribution in [0.3, 0.4) is 0 Å². The van der Waals surface area contributed by atoms with Crippen LogP contribution >= 0.6 is 24.2 Å². The van der Waals surface area contributed by atoms with Gasteiger partial charge in [-0.25, -0.2) is 4.79 Å². The molecule has 0 aromatic heterocycles. The van der Waals surface area contributed by atoms with E-state index in [1.54, 1.807) is 24.3 Å². The molecular formula is C21H28ClN3O5S. The summed E-state index contributed by atoms with van der Waals surface area (Å²) in [6, 6.07) is 5.06. The fourth-order valence-corrected chi connectivity index (χ4v) is 3.69. The van der Waals surface area contributed by atoms with E-state index in [0.717, 1.165) is 0 Å². The zero-order valence-corrected chi connectivity index (χ0v) is 19.2. The molecule has 0 bridgehead atoms. The van der Waals surface area contributed by atoms with Gasteiger partial charge < -0.3 is 20.7 Å². The molecule has 3 atom stereocenters. The normalized spacial score (nSPS) is 17.6. The van der Waals surface area contributed by atoms with Crippen molar-refractivity contribution >= 4 is 47.3 Å². The molecule has 1 aliphatic heterocycles. The zero-order valence-electron chi connectivity index (χ0n) is 17.5. The quantitative estimate of drug-likeness (QED) is 0.393. The fraction of sp³-hybridized carbons (Fsp3) is 0.524. The highest BCUT2D eigenvalue weighted by atomic mass is 35.5. The summed E-state index contributed by atoms with van der Waals surface area (Å²) in [7, 11) is 0. The molecule has 2 rings (SSSR count). The summed E-state index contributed by atoms with van der Waals surface area (Å²) in [5.74, 6) is -0.940. The van der Waals surface area contributed by atoms with Crippen LogP contribution in [-0.2, 0) is 25.7 Å². The van der Waals surface area contributed by atoms with E-state index < -0.39 is 29.2 Å². The van der Waals surface area contributed by atoms with Crippen molar-refractivity contribution in [1.82, 2.24) is 16.0 Å². The summed E-state index contributed by atoms with van der Waals surface area (Å²) in [5, 5.41) is 7.87. The number of benzene rings is 1. The zero-order chi connectivity index (χ0) is 23.0. The summed E-state index contributed by atoms with van der Waals surface area (Å²) in [4.78, 5) is 48.8. The molecule has 0 radical (unpaired) electrons. The van der Waals surface area contributed by atoms with Gasteiger partial charge in [0.15, 0.2) is 0 Å². The third-order valence-corrected chi connectivity index (χ3v) is 5.42. The van der Waals surface area contributed by atoms with Crippen molar-refractivity contribution in [3.8, 4) is 0 Å². The van der Waals surface area contributed by atoms with Gasteiger partial charge >= 0.3 is 6.09 Å². The van der Waals surface area contributed by atoms with E-state index in [9.17, 15) is 19.2 Å². The van der Waals surface area contributed by atoms with Gasteiger partial charge in [-0.1, -0.05) is 37.6 Å². The van der Waals surface area contributed by atoms with Gasteiger partial charge in [-0.2, -0.15) is 0 Å². The van der Waals surface area contributed by atoms with Gasteiger partial charge in [0, 0.05) is 17.5 Å². The Labute approximate surface area is 192 Å². The van der Waals surface area contributed by atoms with Crippen LogP contribution in [-0.4, -0.2) is 41.7 Å². The first kappa shape index (κ1) is 25.0. The Hall–Kier alpha value is -2.26. The summed E-state index contributed by atoms with van der Waals surface area (Å²) in [6.45, 7) is 4.35. The third kappa shape index (κ3) is 8.41. The SMILES string of the molecule is CC(C)C[C@H](NC(=O)OCc1cccc(Cl)c1)C(=O)N[C@@H](C[C@@H]1CCNC1=O)C(=O)S. The average molecular weight is 470 g/mol. The molecule has 0 saturated carbocycles. The second-order valence-corrected chi connectivity index (χ2v) is 8.82. The molecule has 10 heteroatoms. The lowest BCUT2D eigenvalue weighted by atomic mass is 9.98. The number of amides is 3. The molecule has 0 spiro atoms. The first-order valence-corrected chi connectivity index (χ1v) is 11.0. The number of ether oxygens (including phenoxy) is 1. The van der Waals surface area contributed by atoms with E-state index in [1.165, 1.54) is 0 Å². The van der Waals surface area contributed by atoms with Gasteiger partial charge in [-0.15, -0.1) is 12.6 Å². The summed E-state index contributed by atoms with van der Waals surface area (Å²) < 4.78 is 5.20. The summed E-state index contributed by atoms with van der Waals surface area (Å²) in [5.41, 5.74) is 0.711. The van der Waals surface area contributed by atoms with Gasteiger partial charge in [-0.05, 0) is 42.9 Å². The van der Waals surface area contributed by atoms with Crippen molar-refractivity contribution in [1.29, 1.82) is 0 Å². The molecule has 31 heavy (non-hydrogen) atoms. The molecule has 170 valence electrons.